The highest BCUT2D eigenvalue weighted by atomic mass is 32.2. The van der Waals surface area contributed by atoms with E-state index in [9.17, 15) is 13.2 Å². The molecule has 0 saturated carbocycles. The highest BCUT2D eigenvalue weighted by Gasteiger charge is 2.18. The first-order valence-corrected chi connectivity index (χ1v) is 10.0. The van der Waals surface area contributed by atoms with Gasteiger partial charge in [-0.05, 0) is 41.8 Å². The Labute approximate surface area is 160 Å². The minimum Gasteiger partial charge on any atom is -0.493 e. The molecule has 0 amide bonds. The first kappa shape index (κ1) is 19.0. The fraction of sp³-hybridized carbons (Fsp3) is 0.167. The van der Waals surface area contributed by atoms with Gasteiger partial charge in [-0.3, -0.25) is 4.72 Å². The van der Waals surface area contributed by atoms with Gasteiger partial charge in [0, 0.05) is 16.5 Å². The van der Waals surface area contributed by atoms with Crippen LogP contribution in [-0.4, -0.2) is 35.7 Å². The summed E-state index contributed by atoms with van der Waals surface area (Å²) in [5.74, 6) is 0.325. The Morgan fingerprint density at radius 2 is 1.70 bits per heavy atom. The summed E-state index contributed by atoms with van der Waals surface area (Å²) >= 11 is 1.28. The largest absolute Gasteiger partial charge is 0.493 e. The van der Waals surface area contributed by atoms with Crippen LogP contribution >= 0.6 is 11.3 Å². The molecule has 0 aliphatic rings. The summed E-state index contributed by atoms with van der Waals surface area (Å²) < 4.78 is 43.7. The number of carbonyl (C=O) groups excluding carboxylic acids is 1. The summed E-state index contributed by atoms with van der Waals surface area (Å²) in [6, 6.07) is 11.1. The van der Waals surface area contributed by atoms with Crippen LogP contribution in [0, 0.1) is 0 Å². The average Bonchev–Trinajstić information content (AvgIpc) is 3.09. The lowest BCUT2D eigenvalue weighted by Crippen LogP contribution is -2.13. The number of hydrogen-bond donors (Lipinski definition) is 1. The predicted molar refractivity (Wildman–Crippen MR) is 104 cm³/mol. The predicted octanol–water partition coefficient (Wildman–Crippen LogP) is 3.51. The molecule has 0 aliphatic heterocycles. The number of rotatable bonds is 6. The van der Waals surface area contributed by atoms with E-state index in [0.29, 0.717) is 22.1 Å². The van der Waals surface area contributed by atoms with Crippen LogP contribution in [0.2, 0.25) is 0 Å². The van der Waals surface area contributed by atoms with Crippen LogP contribution in [0.25, 0.3) is 10.1 Å². The Hall–Kier alpha value is -2.78. The van der Waals surface area contributed by atoms with Crippen LogP contribution in [0.15, 0.2) is 47.4 Å². The quantitative estimate of drug-likeness (QED) is 0.629. The number of esters is 1. The zero-order chi connectivity index (χ0) is 19.6. The van der Waals surface area contributed by atoms with Gasteiger partial charge in [-0.2, -0.15) is 0 Å². The molecule has 3 aromatic rings. The Morgan fingerprint density at radius 1 is 0.963 bits per heavy atom. The Balaban J connectivity index is 1.92. The molecule has 0 radical (unpaired) electrons. The molecule has 0 bridgehead atoms. The molecule has 1 N–H and O–H groups in total. The van der Waals surface area contributed by atoms with Crippen LogP contribution in [0.3, 0.4) is 0 Å². The van der Waals surface area contributed by atoms with Crippen molar-refractivity contribution in [3.63, 3.8) is 0 Å². The molecule has 9 heteroatoms. The molecule has 0 spiro atoms. The van der Waals surface area contributed by atoms with Gasteiger partial charge >= 0.3 is 5.97 Å². The van der Waals surface area contributed by atoms with Crippen LogP contribution in [0.1, 0.15) is 9.67 Å². The molecule has 0 aliphatic carbocycles. The topological polar surface area (TPSA) is 90.9 Å². The van der Waals surface area contributed by atoms with Gasteiger partial charge in [0.25, 0.3) is 10.0 Å². The molecule has 142 valence electrons. The number of hydrogen-bond acceptors (Lipinski definition) is 7. The first-order valence-electron chi connectivity index (χ1n) is 7.74. The number of fused-ring (bicyclic) bond motifs is 1. The van der Waals surface area contributed by atoms with Crippen LogP contribution in [0.5, 0.6) is 11.5 Å². The molecule has 7 nitrogen and oxygen atoms in total. The Bertz CT molecular complexity index is 1100. The summed E-state index contributed by atoms with van der Waals surface area (Å²) in [5, 5.41) is 0.743. The van der Waals surface area contributed by atoms with Gasteiger partial charge in [-0.1, -0.05) is 0 Å². The number of anilines is 1. The van der Waals surface area contributed by atoms with Crippen molar-refractivity contribution >= 4 is 43.1 Å². The third kappa shape index (κ3) is 3.83. The number of sulfonamides is 1. The number of ether oxygens (including phenoxy) is 3. The number of benzene rings is 2. The maximum atomic E-state index is 12.7. The van der Waals surface area contributed by atoms with E-state index in [4.69, 9.17) is 14.2 Å². The highest BCUT2D eigenvalue weighted by molar-refractivity contribution is 7.92. The molecule has 0 fully saturated rings. The van der Waals surface area contributed by atoms with Crippen LogP contribution < -0.4 is 14.2 Å². The van der Waals surface area contributed by atoms with E-state index in [2.05, 4.69) is 4.72 Å². The maximum Gasteiger partial charge on any atom is 0.348 e. The Kier molecular flexibility index (Phi) is 5.24. The third-order valence-corrected chi connectivity index (χ3v) is 6.30. The van der Waals surface area contributed by atoms with Gasteiger partial charge in [0.15, 0.2) is 11.5 Å². The summed E-state index contributed by atoms with van der Waals surface area (Å²) in [6.07, 6.45) is 0. The van der Waals surface area contributed by atoms with E-state index in [0.717, 1.165) is 10.1 Å². The molecule has 0 saturated heterocycles. The normalized spacial score (nSPS) is 11.2. The minimum absolute atomic E-state index is 0.0424. The van der Waals surface area contributed by atoms with E-state index in [1.165, 1.54) is 50.9 Å². The van der Waals surface area contributed by atoms with E-state index >= 15 is 0 Å². The zero-order valence-corrected chi connectivity index (χ0v) is 16.4. The first-order chi connectivity index (χ1) is 12.9. The number of nitrogens with one attached hydrogen (secondary N) is 1. The molecule has 27 heavy (non-hydrogen) atoms. The Morgan fingerprint density at radius 3 is 2.37 bits per heavy atom. The van der Waals surface area contributed by atoms with Crippen molar-refractivity contribution in [1.82, 2.24) is 0 Å². The van der Waals surface area contributed by atoms with Crippen molar-refractivity contribution < 1.29 is 27.4 Å². The molecule has 0 atom stereocenters. The smallest absolute Gasteiger partial charge is 0.348 e. The second-order valence-corrected chi connectivity index (χ2v) is 8.24. The van der Waals surface area contributed by atoms with Crippen LogP contribution in [0.4, 0.5) is 5.69 Å². The standard InChI is InChI=1S/C18H17NO6S2/c1-23-14-6-5-13(10-15(14)24-2)27(21,22)19-12-4-7-16-11(8-12)9-17(26-16)18(20)25-3/h4-10,19H,1-3H3. The fourth-order valence-electron chi connectivity index (χ4n) is 2.51. The molecule has 3 rings (SSSR count). The lowest BCUT2D eigenvalue weighted by molar-refractivity contribution is 0.0606. The number of methoxy groups -OCH3 is 3. The summed E-state index contributed by atoms with van der Waals surface area (Å²) in [7, 11) is 0.398. The monoisotopic (exact) mass is 407 g/mol. The number of carbonyl (C=O) groups is 1. The van der Waals surface area contributed by atoms with Crippen molar-refractivity contribution in [2.45, 2.75) is 4.90 Å². The van der Waals surface area contributed by atoms with Crippen molar-refractivity contribution in [3.8, 4) is 11.5 Å². The van der Waals surface area contributed by atoms with Crippen molar-refractivity contribution in [1.29, 1.82) is 0 Å². The van der Waals surface area contributed by atoms with Gasteiger partial charge in [0.05, 0.1) is 26.2 Å². The van der Waals surface area contributed by atoms with Gasteiger partial charge < -0.3 is 14.2 Å². The van der Waals surface area contributed by atoms with Gasteiger partial charge in [0.2, 0.25) is 0 Å². The van der Waals surface area contributed by atoms with Crippen molar-refractivity contribution in [3.05, 3.63) is 47.3 Å². The maximum absolute atomic E-state index is 12.7. The zero-order valence-electron chi connectivity index (χ0n) is 14.8. The van der Waals surface area contributed by atoms with Crippen molar-refractivity contribution in [2.75, 3.05) is 26.1 Å². The molecular weight excluding hydrogens is 390 g/mol. The molecule has 1 heterocycles. The third-order valence-electron chi connectivity index (χ3n) is 3.82. The average molecular weight is 407 g/mol. The summed E-state index contributed by atoms with van der Waals surface area (Å²) in [5.41, 5.74) is 0.381. The lowest BCUT2D eigenvalue weighted by Gasteiger charge is -2.11. The SMILES string of the molecule is COC(=O)c1cc2cc(NS(=O)(=O)c3ccc(OC)c(OC)c3)ccc2s1. The minimum atomic E-state index is -3.83. The molecular formula is C18H17NO6S2. The fourth-order valence-corrected chi connectivity index (χ4v) is 4.53. The lowest BCUT2D eigenvalue weighted by atomic mass is 10.2. The van der Waals surface area contributed by atoms with E-state index in [1.807, 2.05) is 0 Å². The van der Waals surface area contributed by atoms with E-state index in [-0.39, 0.29) is 4.90 Å². The summed E-state index contributed by atoms with van der Waals surface area (Å²) in [6.45, 7) is 0. The summed E-state index contributed by atoms with van der Waals surface area (Å²) in [4.78, 5) is 12.1. The molecule has 2 aromatic carbocycles. The van der Waals surface area contributed by atoms with Gasteiger partial charge in [0.1, 0.15) is 4.88 Å². The van der Waals surface area contributed by atoms with E-state index < -0.39 is 16.0 Å². The highest BCUT2D eigenvalue weighted by Crippen LogP contribution is 2.32. The van der Waals surface area contributed by atoms with Gasteiger partial charge in [-0.15, -0.1) is 11.3 Å². The van der Waals surface area contributed by atoms with E-state index in [1.54, 1.807) is 24.3 Å². The van der Waals surface area contributed by atoms with Gasteiger partial charge in [-0.25, -0.2) is 13.2 Å². The molecule has 1 aromatic heterocycles. The second-order valence-electron chi connectivity index (χ2n) is 5.48. The number of thiophene rings is 1. The molecule has 0 unspecified atom stereocenters. The second kappa shape index (κ2) is 7.45. The van der Waals surface area contributed by atoms with Crippen LogP contribution in [-0.2, 0) is 14.8 Å². The van der Waals surface area contributed by atoms with Crippen molar-refractivity contribution in [2.24, 2.45) is 0 Å².